The molecule has 0 unspecified atom stereocenters. The first-order valence-corrected chi connectivity index (χ1v) is 18.4. The second-order valence-electron chi connectivity index (χ2n) is 11.8. The lowest BCUT2D eigenvalue weighted by Crippen LogP contribution is -2.13. The molecule has 0 bridgehead atoms. The molecule has 0 aliphatic rings. The molecular weight excluding hydrogens is 542 g/mol. The molecule has 0 amide bonds. The van der Waals surface area contributed by atoms with E-state index in [2.05, 4.69) is 161 Å². The average molecular weight is 583 g/mol. The van der Waals surface area contributed by atoms with E-state index in [1.165, 1.54) is 54.4 Å². The lowest BCUT2D eigenvalue weighted by molar-refractivity contribution is 0.996. The summed E-state index contributed by atoms with van der Waals surface area (Å²) in [4.78, 5) is 0. The van der Waals surface area contributed by atoms with Crippen LogP contribution < -0.4 is 10.6 Å². The number of benzene rings is 6. The lowest BCUT2D eigenvalue weighted by Gasteiger charge is -2.28. The Morgan fingerprint density at radius 1 is 0.429 bits per heavy atom. The van der Waals surface area contributed by atoms with Crippen LogP contribution in [0.3, 0.4) is 0 Å². The summed E-state index contributed by atoms with van der Waals surface area (Å²) in [5.74, 6) is 0. The van der Waals surface area contributed by atoms with Crippen LogP contribution in [0.4, 0.5) is 0 Å². The SMILES string of the molecule is CC(C)P(Cc1ccc2ccccc2c1-c1c(CP(c2ccccc2)c2ccccc2)ccc2ccccc12)C(C)C. The molecule has 2 heteroatoms. The fourth-order valence-corrected chi connectivity index (χ4v) is 11.3. The Bertz CT molecular complexity index is 1740. The van der Waals surface area contributed by atoms with E-state index in [-0.39, 0.29) is 7.92 Å². The van der Waals surface area contributed by atoms with E-state index in [4.69, 9.17) is 0 Å². The second-order valence-corrected chi connectivity index (χ2v) is 17.4. The topological polar surface area (TPSA) is 0 Å². The van der Waals surface area contributed by atoms with Gasteiger partial charge in [0.15, 0.2) is 0 Å². The van der Waals surface area contributed by atoms with Crippen LogP contribution in [-0.2, 0) is 12.3 Å². The van der Waals surface area contributed by atoms with Crippen LogP contribution in [0.5, 0.6) is 0 Å². The van der Waals surface area contributed by atoms with Gasteiger partial charge in [0.1, 0.15) is 0 Å². The van der Waals surface area contributed by atoms with Crippen molar-refractivity contribution in [2.24, 2.45) is 0 Å². The standard InChI is InChI=1S/C40H40P2/c1-29(2)41(30(3)4)27-33-25-23-31-15-11-13-21-37(31)39(33)40-34(26-24-32-16-12-14-22-38(32)40)28-42(35-17-7-5-8-18-35)36-19-9-6-10-20-36/h5-26,29-30H,27-28H2,1-4H3. The van der Waals surface area contributed by atoms with E-state index in [1.54, 1.807) is 0 Å². The molecule has 0 radical (unpaired) electrons. The van der Waals surface area contributed by atoms with Gasteiger partial charge in [-0.2, -0.15) is 0 Å². The minimum absolute atomic E-state index is 0.155. The largest absolute Gasteiger partial charge is 0.0969 e. The minimum atomic E-state index is -0.575. The van der Waals surface area contributed by atoms with Gasteiger partial charge in [0.05, 0.1) is 0 Å². The number of hydrogen-bond acceptors (Lipinski definition) is 0. The van der Waals surface area contributed by atoms with Crippen LogP contribution in [0.1, 0.15) is 38.8 Å². The number of rotatable bonds is 9. The molecule has 0 saturated heterocycles. The maximum Gasteiger partial charge on any atom is 0.00138 e. The fourth-order valence-electron chi connectivity index (χ4n) is 6.36. The van der Waals surface area contributed by atoms with Crippen molar-refractivity contribution in [1.29, 1.82) is 0 Å². The van der Waals surface area contributed by atoms with E-state index >= 15 is 0 Å². The highest BCUT2D eigenvalue weighted by Gasteiger charge is 2.24. The molecule has 0 fully saturated rings. The minimum Gasteiger partial charge on any atom is -0.0969 e. The Morgan fingerprint density at radius 2 is 0.833 bits per heavy atom. The maximum atomic E-state index is 2.44. The van der Waals surface area contributed by atoms with Crippen molar-refractivity contribution in [3.05, 3.63) is 145 Å². The molecular formula is C40H40P2. The summed E-state index contributed by atoms with van der Waals surface area (Å²) in [7, 11) is -0.730. The van der Waals surface area contributed by atoms with Gasteiger partial charge < -0.3 is 0 Å². The van der Waals surface area contributed by atoms with Crippen LogP contribution in [0, 0.1) is 0 Å². The third-order valence-electron chi connectivity index (χ3n) is 8.42. The van der Waals surface area contributed by atoms with Crippen molar-refractivity contribution in [3.63, 3.8) is 0 Å². The summed E-state index contributed by atoms with van der Waals surface area (Å²) >= 11 is 0. The van der Waals surface area contributed by atoms with Crippen molar-refractivity contribution in [2.75, 3.05) is 0 Å². The second kappa shape index (κ2) is 12.9. The molecule has 0 spiro atoms. The first kappa shape index (κ1) is 28.8. The van der Waals surface area contributed by atoms with Gasteiger partial charge in [-0.15, -0.1) is 0 Å². The average Bonchev–Trinajstić information content (AvgIpc) is 3.02. The Balaban J connectivity index is 1.62. The molecule has 0 saturated carbocycles. The highest BCUT2D eigenvalue weighted by molar-refractivity contribution is 7.72. The van der Waals surface area contributed by atoms with Gasteiger partial charge >= 0.3 is 0 Å². The molecule has 0 N–H and O–H groups in total. The zero-order valence-electron chi connectivity index (χ0n) is 25.2. The first-order valence-electron chi connectivity index (χ1n) is 15.2. The molecule has 0 atom stereocenters. The zero-order valence-corrected chi connectivity index (χ0v) is 27.0. The summed E-state index contributed by atoms with van der Waals surface area (Å²) in [6.07, 6.45) is 2.16. The van der Waals surface area contributed by atoms with Gasteiger partial charge in [-0.25, -0.2) is 0 Å². The maximum absolute atomic E-state index is 2.44. The Labute approximate surface area is 254 Å². The Hall–Kier alpha value is -3.30. The third-order valence-corrected chi connectivity index (χ3v) is 14.3. The molecule has 0 heterocycles. The van der Waals surface area contributed by atoms with Crippen LogP contribution in [0.2, 0.25) is 0 Å². The fraction of sp³-hybridized carbons (Fsp3) is 0.200. The van der Waals surface area contributed by atoms with E-state index in [1.807, 2.05) is 0 Å². The molecule has 6 aromatic rings. The van der Waals surface area contributed by atoms with E-state index in [0.717, 1.165) is 12.3 Å². The van der Waals surface area contributed by atoms with E-state index < -0.39 is 7.92 Å². The van der Waals surface area contributed by atoms with Crippen molar-refractivity contribution >= 4 is 48.0 Å². The van der Waals surface area contributed by atoms with Crippen LogP contribution in [-0.4, -0.2) is 11.3 Å². The summed E-state index contributed by atoms with van der Waals surface area (Å²) in [5, 5.41) is 8.23. The predicted octanol–water partition coefficient (Wildman–Crippen LogP) is 11.1. The highest BCUT2D eigenvalue weighted by Crippen LogP contribution is 2.52. The summed E-state index contributed by atoms with van der Waals surface area (Å²) in [6.45, 7) is 9.68. The Kier molecular flexibility index (Phi) is 8.86. The van der Waals surface area contributed by atoms with Crippen LogP contribution in [0.25, 0.3) is 32.7 Å². The van der Waals surface area contributed by atoms with Gasteiger partial charge in [-0.1, -0.05) is 169 Å². The number of hydrogen-bond donors (Lipinski definition) is 0. The Morgan fingerprint density at radius 3 is 1.29 bits per heavy atom. The predicted molar refractivity (Wildman–Crippen MR) is 191 cm³/mol. The molecule has 210 valence electrons. The van der Waals surface area contributed by atoms with Gasteiger partial charge in [0.2, 0.25) is 0 Å². The molecule has 0 aliphatic carbocycles. The van der Waals surface area contributed by atoms with Crippen molar-refractivity contribution in [2.45, 2.75) is 51.3 Å². The summed E-state index contributed by atoms with van der Waals surface area (Å²) < 4.78 is 0. The molecule has 6 rings (SSSR count). The summed E-state index contributed by atoms with van der Waals surface area (Å²) in [6, 6.07) is 49.9. The normalized spacial score (nSPS) is 11.9. The molecule has 42 heavy (non-hydrogen) atoms. The quantitative estimate of drug-likeness (QED) is 0.149. The number of fused-ring (bicyclic) bond motifs is 2. The van der Waals surface area contributed by atoms with Crippen molar-refractivity contribution in [3.8, 4) is 11.1 Å². The zero-order chi connectivity index (χ0) is 29.1. The monoisotopic (exact) mass is 582 g/mol. The van der Waals surface area contributed by atoms with Crippen LogP contribution in [0.15, 0.2) is 133 Å². The van der Waals surface area contributed by atoms with Crippen molar-refractivity contribution in [1.82, 2.24) is 0 Å². The van der Waals surface area contributed by atoms with Crippen molar-refractivity contribution < 1.29 is 0 Å². The molecule has 0 nitrogen and oxygen atoms in total. The molecule has 0 aliphatic heterocycles. The smallest absolute Gasteiger partial charge is 0.00138 e. The van der Waals surface area contributed by atoms with Gasteiger partial charge in [0.25, 0.3) is 0 Å². The van der Waals surface area contributed by atoms with E-state index in [9.17, 15) is 0 Å². The summed E-state index contributed by atoms with van der Waals surface area (Å²) in [5.41, 5.74) is 7.21. The van der Waals surface area contributed by atoms with Gasteiger partial charge in [-0.3, -0.25) is 0 Å². The first-order chi connectivity index (χ1) is 20.5. The van der Waals surface area contributed by atoms with E-state index in [0.29, 0.717) is 11.3 Å². The van der Waals surface area contributed by atoms with Gasteiger partial charge in [0, 0.05) is 6.16 Å². The lowest BCUT2D eigenvalue weighted by atomic mass is 9.88. The molecule has 6 aromatic carbocycles. The van der Waals surface area contributed by atoms with Gasteiger partial charge in [-0.05, 0) is 79.8 Å². The highest BCUT2D eigenvalue weighted by atomic mass is 31.1. The van der Waals surface area contributed by atoms with Crippen LogP contribution >= 0.6 is 15.8 Å². The molecule has 0 aromatic heterocycles. The third kappa shape index (κ3) is 5.95.